The SMILES string of the molecule is Cc1nn(Cc2ccccc2)c(C)c1CNC(=O)CSc1nnc(-c2ccc(F)cc2)n1N. The molecule has 0 radical (unpaired) electrons. The number of nitrogens with two attached hydrogens (primary N) is 1. The molecule has 1 amide bonds. The van der Waals surface area contributed by atoms with E-state index in [4.69, 9.17) is 5.84 Å². The number of halogens is 1. The molecule has 0 aliphatic carbocycles. The number of carbonyl (C=O) groups excluding carboxylic acids is 1. The molecule has 0 aliphatic heterocycles. The van der Waals surface area contributed by atoms with E-state index in [9.17, 15) is 9.18 Å². The largest absolute Gasteiger partial charge is 0.351 e. The zero-order chi connectivity index (χ0) is 23.4. The highest BCUT2D eigenvalue weighted by Gasteiger charge is 2.16. The molecule has 0 bridgehead atoms. The number of carbonyl (C=O) groups is 1. The van der Waals surface area contributed by atoms with Crippen molar-refractivity contribution in [2.24, 2.45) is 0 Å². The highest BCUT2D eigenvalue weighted by atomic mass is 32.2. The van der Waals surface area contributed by atoms with Crippen LogP contribution in [-0.4, -0.2) is 36.3 Å². The second-order valence-corrected chi connectivity index (χ2v) is 8.48. The van der Waals surface area contributed by atoms with Gasteiger partial charge in [0, 0.05) is 23.4 Å². The minimum atomic E-state index is -0.343. The number of hydrogen-bond donors (Lipinski definition) is 2. The third kappa shape index (κ3) is 5.23. The third-order valence-electron chi connectivity index (χ3n) is 5.27. The maximum Gasteiger partial charge on any atom is 0.230 e. The number of hydrogen-bond acceptors (Lipinski definition) is 6. The standard InChI is InChI=1S/C23H24FN7OS/c1-15-20(16(2)30(29-15)13-17-6-4-3-5-7-17)12-26-21(32)14-33-23-28-27-22(31(23)25)18-8-10-19(24)11-9-18/h3-11H,12-14,25H2,1-2H3,(H,26,32). The van der Waals surface area contributed by atoms with Gasteiger partial charge < -0.3 is 11.2 Å². The van der Waals surface area contributed by atoms with Gasteiger partial charge in [-0.1, -0.05) is 42.1 Å². The van der Waals surface area contributed by atoms with Crippen LogP contribution in [0, 0.1) is 19.7 Å². The highest BCUT2D eigenvalue weighted by molar-refractivity contribution is 7.99. The number of thioether (sulfide) groups is 1. The van der Waals surface area contributed by atoms with Crippen molar-refractivity contribution in [3.05, 3.63) is 82.9 Å². The van der Waals surface area contributed by atoms with Gasteiger partial charge in [-0.2, -0.15) is 5.10 Å². The summed E-state index contributed by atoms with van der Waals surface area (Å²) in [4.78, 5) is 12.4. The number of benzene rings is 2. The molecule has 10 heteroatoms. The highest BCUT2D eigenvalue weighted by Crippen LogP contribution is 2.22. The zero-order valence-electron chi connectivity index (χ0n) is 18.3. The van der Waals surface area contributed by atoms with Crippen molar-refractivity contribution in [2.45, 2.75) is 32.1 Å². The van der Waals surface area contributed by atoms with Crippen LogP contribution >= 0.6 is 11.8 Å². The summed E-state index contributed by atoms with van der Waals surface area (Å²) in [6, 6.07) is 15.9. The second-order valence-electron chi connectivity index (χ2n) is 7.54. The van der Waals surface area contributed by atoms with Crippen molar-refractivity contribution in [3.63, 3.8) is 0 Å². The minimum Gasteiger partial charge on any atom is -0.351 e. The number of amides is 1. The van der Waals surface area contributed by atoms with Gasteiger partial charge in [0.1, 0.15) is 5.82 Å². The Labute approximate surface area is 195 Å². The first kappa shape index (κ1) is 22.5. The van der Waals surface area contributed by atoms with E-state index in [1.165, 1.54) is 34.1 Å². The van der Waals surface area contributed by atoms with Gasteiger partial charge in [0.2, 0.25) is 11.1 Å². The lowest BCUT2D eigenvalue weighted by molar-refractivity contribution is -0.118. The van der Waals surface area contributed by atoms with Gasteiger partial charge in [-0.15, -0.1) is 10.2 Å². The molecule has 0 atom stereocenters. The Hall–Kier alpha value is -3.66. The zero-order valence-corrected chi connectivity index (χ0v) is 19.1. The van der Waals surface area contributed by atoms with E-state index in [0.29, 0.717) is 29.6 Å². The molecule has 0 aliphatic rings. The Kier molecular flexibility index (Phi) is 6.74. The molecule has 0 saturated carbocycles. The van der Waals surface area contributed by atoms with Gasteiger partial charge in [0.15, 0.2) is 5.82 Å². The van der Waals surface area contributed by atoms with Gasteiger partial charge in [-0.3, -0.25) is 9.48 Å². The number of rotatable bonds is 8. The first-order chi connectivity index (χ1) is 15.9. The first-order valence-corrected chi connectivity index (χ1v) is 11.3. The van der Waals surface area contributed by atoms with Crippen molar-refractivity contribution in [1.82, 2.24) is 30.0 Å². The summed E-state index contributed by atoms with van der Waals surface area (Å²) in [5, 5.41) is 16.0. The monoisotopic (exact) mass is 465 g/mol. The predicted molar refractivity (Wildman–Crippen MR) is 125 cm³/mol. The molecule has 4 aromatic rings. The number of nitrogens with zero attached hydrogens (tertiary/aromatic N) is 5. The minimum absolute atomic E-state index is 0.134. The summed E-state index contributed by atoms with van der Waals surface area (Å²) in [5.41, 5.74) is 4.73. The lowest BCUT2D eigenvalue weighted by Gasteiger charge is -2.07. The van der Waals surface area contributed by atoms with Crippen LogP contribution in [0.1, 0.15) is 22.5 Å². The van der Waals surface area contributed by atoms with Gasteiger partial charge in [-0.05, 0) is 43.7 Å². The Morgan fingerprint density at radius 2 is 1.82 bits per heavy atom. The molecule has 170 valence electrons. The molecule has 8 nitrogen and oxygen atoms in total. The van der Waals surface area contributed by atoms with Crippen LogP contribution < -0.4 is 11.2 Å². The molecule has 4 rings (SSSR count). The maximum absolute atomic E-state index is 13.1. The first-order valence-electron chi connectivity index (χ1n) is 10.3. The van der Waals surface area contributed by atoms with Crippen molar-refractivity contribution >= 4 is 17.7 Å². The molecule has 2 aromatic carbocycles. The summed E-state index contributed by atoms with van der Waals surface area (Å²) in [6.07, 6.45) is 0. The Morgan fingerprint density at radius 1 is 1.09 bits per heavy atom. The second kappa shape index (κ2) is 9.86. The fourth-order valence-electron chi connectivity index (χ4n) is 3.44. The average molecular weight is 466 g/mol. The van der Waals surface area contributed by atoms with Crippen LogP contribution in [0.5, 0.6) is 0 Å². The van der Waals surface area contributed by atoms with E-state index >= 15 is 0 Å². The molecule has 2 aromatic heterocycles. The van der Waals surface area contributed by atoms with Gasteiger partial charge in [0.05, 0.1) is 18.0 Å². The molecular weight excluding hydrogens is 441 g/mol. The number of nitrogen functional groups attached to an aromatic ring is 1. The Morgan fingerprint density at radius 3 is 2.55 bits per heavy atom. The van der Waals surface area contributed by atoms with Gasteiger partial charge in [-0.25, -0.2) is 9.07 Å². The lowest BCUT2D eigenvalue weighted by atomic mass is 10.2. The van der Waals surface area contributed by atoms with Gasteiger partial charge >= 0.3 is 0 Å². The van der Waals surface area contributed by atoms with Crippen molar-refractivity contribution in [1.29, 1.82) is 0 Å². The number of nitrogens with one attached hydrogen (secondary N) is 1. The molecular formula is C23H24FN7OS. The van der Waals surface area contributed by atoms with E-state index in [0.717, 1.165) is 17.0 Å². The van der Waals surface area contributed by atoms with Gasteiger partial charge in [0.25, 0.3) is 0 Å². The predicted octanol–water partition coefficient (Wildman–Crippen LogP) is 3.07. The Bertz CT molecular complexity index is 1250. The molecule has 0 saturated heterocycles. The molecule has 0 fully saturated rings. The molecule has 2 heterocycles. The van der Waals surface area contributed by atoms with Crippen molar-refractivity contribution < 1.29 is 9.18 Å². The maximum atomic E-state index is 13.1. The molecule has 0 spiro atoms. The third-order valence-corrected chi connectivity index (χ3v) is 6.21. The molecule has 0 unspecified atom stereocenters. The fraction of sp³-hybridized carbons (Fsp3) is 0.217. The number of aryl methyl sites for hydroxylation is 1. The summed E-state index contributed by atoms with van der Waals surface area (Å²) < 4.78 is 16.4. The van der Waals surface area contributed by atoms with Crippen LogP contribution in [0.25, 0.3) is 11.4 Å². The number of aromatic nitrogens is 5. The van der Waals surface area contributed by atoms with Crippen LogP contribution in [0.15, 0.2) is 59.8 Å². The van der Waals surface area contributed by atoms with E-state index < -0.39 is 0 Å². The Balaban J connectivity index is 1.34. The van der Waals surface area contributed by atoms with Crippen LogP contribution in [0.4, 0.5) is 4.39 Å². The van der Waals surface area contributed by atoms with E-state index in [2.05, 4.69) is 32.7 Å². The smallest absolute Gasteiger partial charge is 0.230 e. The topological polar surface area (TPSA) is 104 Å². The van der Waals surface area contributed by atoms with E-state index in [-0.39, 0.29) is 17.5 Å². The van der Waals surface area contributed by atoms with Crippen LogP contribution in [0.2, 0.25) is 0 Å². The summed E-state index contributed by atoms with van der Waals surface area (Å²) in [7, 11) is 0. The molecule has 33 heavy (non-hydrogen) atoms. The molecule has 3 N–H and O–H groups in total. The van der Waals surface area contributed by atoms with Crippen molar-refractivity contribution in [3.8, 4) is 11.4 Å². The summed E-state index contributed by atoms with van der Waals surface area (Å²) in [6.45, 7) is 5.02. The van der Waals surface area contributed by atoms with E-state index in [1.54, 1.807) is 12.1 Å². The summed E-state index contributed by atoms with van der Waals surface area (Å²) in [5.74, 6) is 6.10. The normalized spacial score (nSPS) is 11.0. The van der Waals surface area contributed by atoms with Crippen LogP contribution in [0.3, 0.4) is 0 Å². The van der Waals surface area contributed by atoms with Crippen LogP contribution in [-0.2, 0) is 17.9 Å². The van der Waals surface area contributed by atoms with E-state index in [1.807, 2.05) is 36.7 Å². The fourth-order valence-corrected chi connectivity index (χ4v) is 4.13. The summed E-state index contributed by atoms with van der Waals surface area (Å²) >= 11 is 1.18. The lowest BCUT2D eigenvalue weighted by Crippen LogP contribution is -2.25. The quantitative estimate of drug-likeness (QED) is 0.306. The average Bonchev–Trinajstić information content (AvgIpc) is 3.30. The van der Waals surface area contributed by atoms with Crippen molar-refractivity contribution in [2.75, 3.05) is 11.6 Å².